The maximum atomic E-state index is 12.9. The van der Waals surface area contributed by atoms with Crippen LogP contribution in [0, 0.1) is 0 Å². The van der Waals surface area contributed by atoms with Crippen molar-refractivity contribution in [1.29, 1.82) is 0 Å². The van der Waals surface area contributed by atoms with Crippen molar-refractivity contribution in [2.45, 2.75) is 24.4 Å². The third-order valence-corrected chi connectivity index (χ3v) is 7.70. The van der Waals surface area contributed by atoms with E-state index < -0.39 is 41.9 Å². The van der Waals surface area contributed by atoms with Gasteiger partial charge in [-0.1, -0.05) is 6.07 Å². The van der Waals surface area contributed by atoms with Gasteiger partial charge in [0.25, 0.3) is 11.6 Å². The van der Waals surface area contributed by atoms with E-state index in [1.54, 1.807) is 12.1 Å². The number of thioether (sulfide) groups is 1. The normalized spacial score (nSPS) is 24.1. The lowest BCUT2D eigenvalue weighted by molar-refractivity contribution is -0.190. The van der Waals surface area contributed by atoms with Gasteiger partial charge in [-0.3, -0.25) is 23.8 Å². The molecule has 0 saturated carbocycles. The summed E-state index contributed by atoms with van der Waals surface area (Å²) in [5.41, 5.74) is -2.10. The van der Waals surface area contributed by atoms with Gasteiger partial charge in [0.2, 0.25) is 5.91 Å². The molecule has 0 radical (unpaired) electrons. The number of β-lactam (4-membered cyclic amide) rings is 1. The molecule has 10 nitrogen and oxygen atoms in total. The highest BCUT2D eigenvalue weighted by molar-refractivity contribution is 8.00. The van der Waals surface area contributed by atoms with Crippen LogP contribution in [0.15, 0.2) is 28.5 Å². The number of amides is 2. The SMILES string of the molecule is CO[C@@]1(NC(=O)Cc2cccs2)C(=O)N2C(P(=O)(O)O)=C(COC(C)=O)CS[C@@H]21. The molecule has 1 saturated heterocycles. The van der Waals surface area contributed by atoms with E-state index in [4.69, 9.17) is 9.47 Å². The van der Waals surface area contributed by atoms with Crippen LogP contribution in [-0.4, -0.2) is 63.0 Å². The summed E-state index contributed by atoms with van der Waals surface area (Å²) in [5.74, 6) is -1.77. The second-order valence-electron chi connectivity index (χ2n) is 6.33. The number of nitrogens with one attached hydrogen (secondary N) is 1. The van der Waals surface area contributed by atoms with Crippen molar-refractivity contribution in [3.8, 4) is 0 Å². The van der Waals surface area contributed by atoms with Crippen LogP contribution in [0.3, 0.4) is 0 Å². The van der Waals surface area contributed by atoms with Crippen LogP contribution in [0.5, 0.6) is 0 Å². The van der Waals surface area contributed by atoms with E-state index in [9.17, 15) is 28.7 Å². The Kier molecular flexibility index (Phi) is 6.23. The topological polar surface area (TPSA) is 142 Å². The molecule has 2 amide bonds. The number of rotatable bonds is 7. The molecular weight excluding hydrogens is 443 g/mol. The molecule has 1 aromatic heterocycles. The van der Waals surface area contributed by atoms with E-state index in [2.05, 4.69) is 5.32 Å². The number of carbonyl (C=O) groups excluding carboxylic acids is 3. The Morgan fingerprint density at radius 2 is 2.17 bits per heavy atom. The number of esters is 1. The zero-order valence-corrected chi connectivity index (χ0v) is 18.0. The lowest BCUT2D eigenvalue weighted by Gasteiger charge is -2.56. The van der Waals surface area contributed by atoms with Crippen LogP contribution >= 0.6 is 30.7 Å². The van der Waals surface area contributed by atoms with Gasteiger partial charge < -0.3 is 24.6 Å². The first kappa shape index (κ1) is 22.0. The van der Waals surface area contributed by atoms with Gasteiger partial charge in [0.15, 0.2) is 0 Å². The van der Waals surface area contributed by atoms with Crippen LogP contribution < -0.4 is 5.32 Å². The molecule has 0 unspecified atom stereocenters. The predicted octanol–water partition coefficient (Wildman–Crippen LogP) is 0.617. The highest BCUT2D eigenvalue weighted by atomic mass is 32.2. The Balaban J connectivity index is 1.85. The molecular formula is C16H19N2O8PS2. The molecule has 158 valence electrons. The first-order chi connectivity index (χ1) is 13.6. The van der Waals surface area contributed by atoms with Crippen LogP contribution in [0.25, 0.3) is 0 Å². The molecule has 2 aliphatic rings. The fraction of sp³-hybridized carbons (Fsp3) is 0.438. The molecule has 2 aliphatic heterocycles. The summed E-state index contributed by atoms with van der Waals surface area (Å²) in [6.45, 7) is 0.828. The molecule has 1 aromatic rings. The van der Waals surface area contributed by atoms with Crippen molar-refractivity contribution in [2.75, 3.05) is 19.5 Å². The number of hydrogen-bond acceptors (Lipinski definition) is 8. The summed E-state index contributed by atoms with van der Waals surface area (Å²) in [4.78, 5) is 57.7. The second-order valence-corrected chi connectivity index (χ2v) is 9.95. The zero-order chi connectivity index (χ0) is 21.4. The zero-order valence-electron chi connectivity index (χ0n) is 15.5. The maximum absolute atomic E-state index is 12.9. The molecule has 13 heteroatoms. The van der Waals surface area contributed by atoms with Crippen molar-refractivity contribution >= 4 is 48.5 Å². The Labute approximate surface area is 174 Å². The van der Waals surface area contributed by atoms with Gasteiger partial charge in [-0.25, -0.2) is 0 Å². The number of fused-ring (bicyclic) bond motifs is 1. The summed E-state index contributed by atoms with van der Waals surface area (Å²) >= 11 is 2.55. The smallest absolute Gasteiger partial charge is 0.372 e. The van der Waals surface area contributed by atoms with E-state index in [0.29, 0.717) is 0 Å². The summed E-state index contributed by atoms with van der Waals surface area (Å²) < 4.78 is 22.3. The molecule has 3 heterocycles. The fourth-order valence-electron chi connectivity index (χ4n) is 3.14. The standard InChI is InChI=1S/C16H19N2O8PS2/c1-9(19)26-7-10-8-29-15-16(25-2,14(21)18(15)13(10)27(22,23)24)17-12(20)6-11-4-3-5-28-11/h3-5,15H,6-8H2,1-2H3,(H,17,20)(H2,22,23,24)/t15-,16+/m1/s1. The van der Waals surface area contributed by atoms with Gasteiger partial charge in [-0.15, -0.1) is 23.1 Å². The minimum Gasteiger partial charge on any atom is -0.461 e. The molecule has 2 atom stereocenters. The van der Waals surface area contributed by atoms with Crippen LogP contribution in [0.1, 0.15) is 11.8 Å². The highest BCUT2D eigenvalue weighted by Crippen LogP contribution is 2.58. The Bertz CT molecular complexity index is 912. The molecule has 0 spiro atoms. The van der Waals surface area contributed by atoms with Crippen molar-refractivity contribution in [3.05, 3.63) is 33.4 Å². The molecule has 3 rings (SSSR count). The van der Waals surface area contributed by atoms with Gasteiger partial charge in [-0.05, 0) is 11.4 Å². The summed E-state index contributed by atoms with van der Waals surface area (Å²) in [5, 5.41) is 3.53. The van der Waals surface area contributed by atoms with Crippen molar-refractivity contribution < 1.29 is 38.2 Å². The van der Waals surface area contributed by atoms with Crippen LogP contribution in [-0.2, 0) is 34.8 Å². The van der Waals surface area contributed by atoms with Crippen molar-refractivity contribution in [3.63, 3.8) is 0 Å². The molecule has 0 bridgehead atoms. The first-order valence-corrected chi connectivity index (χ1v) is 11.9. The summed E-state index contributed by atoms with van der Waals surface area (Å²) in [7, 11) is -3.62. The van der Waals surface area contributed by atoms with E-state index in [1.807, 2.05) is 5.38 Å². The third kappa shape index (κ3) is 4.14. The Hall–Kier alpha value is -1.69. The van der Waals surface area contributed by atoms with Crippen molar-refractivity contribution in [1.82, 2.24) is 10.2 Å². The molecule has 1 fully saturated rings. The number of hydrogen-bond donors (Lipinski definition) is 3. The van der Waals surface area contributed by atoms with E-state index in [0.717, 1.165) is 21.5 Å². The van der Waals surface area contributed by atoms with Gasteiger partial charge in [0.05, 0.1) is 6.42 Å². The summed E-state index contributed by atoms with van der Waals surface area (Å²) in [6, 6.07) is 3.58. The lowest BCUT2D eigenvalue weighted by atomic mass is 10.0. The van der Waals surface area contributed by atoms with Gasteiger partial charge in [0, 0.05) is 30.2 Å². The van der Waals surface area contributed by atoms with Gasteiger partial charge in [-0.2, -0.15) is 0 Å². The molecule has 0 aromatic carbocycles. The van der Waals surface area contributed by atoms with Crippen molar-refractivity contribution in [2.24, 2.45) is 0 Å². The minimum atomic E-state index is -4.87. The molecule has 29 heavy (non-hydrogen) atoms. The Morgan fingerprint density at radius 1 is 1.45 bits per heavy atom. The largest absolute Gasteiger partial charge is 0.461 e. The highest BCUT2D eigenvalue weighted by Gasteiger charge is 2.67. The number of methoxy groups -OCH3 is 1. The van der Waals surface area contributed by atoms with E-state index >= 15 is 0 Å². The van der Waals surface area contributed by atoms with Gasteiger partial charge in [0.1, 0.15) is 17.4 Å². The van der Waals surface area contributed by atoms with Gasteiger partial charge >= 0.3 is 13.6 Å². The van der Waals surface area contributed by atoms with E-state index in [1.165, 1.54) is 25.4 Å². The second kappa shape index (κ2) is 8.21. The number of nitrogens with zero attached hydrogens (tertiary/aromatic N) is 1. The predicted molar refractivity (Wildman–Crippen MR) is 105 cm³/mol. The number of carbonyl (C=O) groups is 3. The van der Waals surface area contributed by atoms with E-state index in [-0.39, 0.29) is 24.4 Å². The average molecular weight is 462 g/mol. The lowest BCUT2D eigenvalue weighted by Crippen LogP contribution is -2.80. The first-order valence-electron chi connectivity index (χ1n) is 8.35. The summed E-state index contributed by atoms with van der Waals surface area (Å²) in [6.07, 6.45) is 0.0480. The molecule has 0 aliphatic carbocycles. The quantitative estimate of drug-likeness (QED) is 0.230. The fourth-order valence-corrected chi connectivity index (χ4v) is 6.49. The maximum Gasteiger partial charge on any atom is 0.372 e. The third-order valence-electron chi connectivity index (χ3n) is 4.37. The molecule has 3 N–H and O–H groups in total. The number of ether oxygens (including phenoxy) is 2. The van der Waals surface area contributed by atoms with Crippen LogP contribution in [0.2, 0.25) is 0 Å². The van der Waals surface area contributed by atoms with Crippen LogP contribution in [0.4, 0.5) is 0 Å². The number of thiophene rings is 1. The Morgan fingerprint density at radius 3 is 2.72 bits per heavy atom. The minimum absolute atomic E-state index is 0.0480. The monoisotopic (exact) mass is 462 g/mol. The average Bonchev–Trinajstić information content (AvgIpc) is 3.15.